The summed E-state index contributed by atoms with van der Waals surface area (Å²) in [5, 5.41) is 0. The SMILES string of the molecule is CCC(CC)CC1=CC2COCC(C1)N2C(=O)OCC1c2ccccc2-c2ccccc21. The zero-order valence-corrected chi connectivity index (χ0v) is 19.1. The van der Waals surface area contributed by atoms with Crippen LogP contribution in [0, 0.1) is 5.92 Å². The van der Waals surface area contributed by atoms with Crippen LogP contribution in [0.3, 0.4) is 0 Å². The van der Waals surface area contributed by atoms with Crippen molar-refractivity contribution in [3.63, 3.8) is 0 Å². The van der Waals surface area contributed by atoms with E-state index < -0.39 is 0 Å². The van der Waals surface area contributed by atoms with Crippen LogP contribution in [0.1, 0.15) is 56.6 Å². The van der Waals surface area contributed by atoms with Gasteiger partial charge in [0.15, 0.2) is 0 Å². The maximum absolute atomic E-state index is 13.3. The molecule has 4 nitrogen and oxygen atoms in total. The molecule has 3 aliphatic rings. The van der Waals surface area contributed by atoms with Crippen LogP contribution >= 0.6 is 0 Å². The zero-order chi connectivity index (χ0) is 22.1. The number of morpholine rings is 1. The molecule has 2 aromatic rings. The highest BCUT2D eigenvalue weighted by Crippen LogP contribution is 2.44. The number of amides is 1. The number of fused-ring (bicyclic) bond motifs is 5. The van der Waals surface area contributed by atoms with Crippen molar-refractivity contribution in [2.24, 2.45) is 5.92 Å². The minimum absolute atomic E-state index is 0.0116. The molecule has 32 heavy (non-hydrogen) atoms. The quantitative estimate of drug-likeness (QED) is 0.514. The molecule has 1 saturated heterocycles. The second-order valence-corrected chi connectivity index (χ2v) is 9.39. The van der Waals surface area contributed by atoms with E-state index in [1.807, 2.05) is 4.90 Å². The summed E-state index contributed by atoms with van der Waals surface area (Å²) >= 11 is 0. The van der Waals surface area contributed by atoms with Crippen LogP contribution in [0.4, 0.5) is 4.79 Å². The van der Waals surface area contributed by atoms with Gasteiger partial charge in [0, 0.05) is 5.92 Å². The summed E-state index contributed by atoms with van der Waals surface area (Å²) < 4.78 is 11.8. The van der Waals surface area contributed by atoms with Crippen LogP contribution in [0.2, 0.25) is 0 Å². The zero-order valence-electron chi connectivity index (χ0n) is 19.1. The summed E-state index contributed by atoms with van der Waals surface area (Å²) in [6, 6.07) is 17.0. The number of rotatable bonds is 6. The lowest BCUT2D eigenvalue weighted by atomic mass is 9.86. The average Bonchev–Trinajstić information content (AvgIpc) is 3.14. The highest BCUT2D eigenvalue weighted by Gasteiger charge is 2.39. The van der Waals surface area contributed by atoms with Crippen LogP contribution in [-0.4, -0.2) is 42.9 Å². The molecule has 2 heterocycles. The largest absolute Gasteiger partial charge is 0.448 e. The number of carbonyl (C=O) groups excluding carboxylic acids is 1. The van der Waals surface area contributed by atoms with Gasteiger partial charge in [-0.1, -0.05) is 86.9 Å². The topological polar surface area (TPSA) is 38.8 Å². The summed E-state index contributed by atoms with van der Waals surface area (Å²) in [6.45, 7) is 6.07. The Morgan fingerprint density at radius 1 is 1.03 bits per heavy atom. The smallest absolute Gasteiger partial charge is 0.410 e. The van der Waals surface area contributed by atoms with Crippen LogP contribution in [0.15, 0.2) is 60.2 Å². The Kier molecular flexibility index (Phi) is 6.05. The third-order valence-corrected chi connectivity index (χ3v) is 7.53. The van der Waals surface area contributed by atoms with Crippen LogP contribution in [-0.2, 0) is 9.47 Å². The molecule has 0 N–H and O–H groups in total. The minimum atomic E-state index is -0.206. The van der Waals surface area contributed by atoms with Gasteiger partial charge in [0.05, 0.1) is 25.3 Å². The molecule has 0 radical (unpaired) electrons. The van der Waals surface area contributed by atoms with Crippen molar-refractivity contribution < 1.29 is 14.3 Å². The second kappa shape index (κ2) is 9.11. The fourth-order valence-corrected chi connectivity index (χ4v) is 5.74. The van der Waals surface area contributed by atoms with Gasteiger partial charge in [-0.2, -0.15) is 0 Å². The summed E-state index contributed by atoms with van der Waals surface area (Å²) in [7, 11) is 0. The van der Waals surface area contributed by atoms with Crippen LogP contribution in [0.5, 0.6) is 0 Å². The van der Waals surface area contributed by atoms with Gasteiger partial charge in [0.25, 0.3) is 0 Å². The van der Waals surface area contributed by atoms with E-state index in [0.29, 0.717) is 19.8 Å². The Morgan fingerprint density at radius 3 is 2.31 bits per heavy atom. The summed E-state index contributed by atoms with van der Waals surface area (Å²) in [6.07, 6.45) is 6.51. The normalized spacial score (nSPS) is 21.8. The van der Waals surface area contributed by atoms with E-state index >= 15 is 0 Å². The number of hydrogen-bond donors (Lipinski definition) is 0. The highest BCUT2D eigenvalue weighted by atomic mass is 16.6. The van der Waals surface area contributed by atoms with Crippen LogP contribution < -0.4 is 0 Å². The van der Waals surface area contributed by atoms with Gasteiger partial charge in [-0.3, -0.25) is 4.90 Å². The lowest BCUT2D eigenvalue weighted by Gasteiger charge is -2.44. The molecule has 2 unspecified atom stereocenters. The maximum atomic E-state index is 13.3. The first-order chi connectivity index (χ1) is 15.7. The standard InChI is InChI=1S/C28H33NO3/c1-3-19(4-2)13-20-14-21-16-31-17-22(15-20)29(21)28(30)32-18-27-25-11-7-5-9-23(25)24-10-6-8-12-26(24)27/h5-12,14,19,21-22,27H,3-4,13,15-18H2,1-2H3. The molecular weight excluding hydrogens is 398 g/mol. The third-order valence-electron chi connectivity index (χ3n) is 7.53. The van der Waals surface area contributed by atoms with E-state index in [2.05, 4.69) is 68.5 Å². The van der Waals surface area contributed by atoms with E-state index in [1.54, 1.807) is 0 Å². The molecule has 1 fully saturated rings. The van der Waals surface area contributed by atoms with Crippen molar-refractivity contribution >= 4 is 6.09 Å². The number of benzene rings is 2. The second-order valence-electron chi connectivity index (χ2n) is 9.39. The molecular formula is C28H33NO3. The van der Waals surface area contributed by atoms with E-state index in [-0.39, 0.29) is 24.1 Å². The van der Waals surface area contributed by atoms with Gasteiger partial charge in [0.2, 0.25) is 0 Å². The number of hydrogen-bond acceptors (Lipinski definition) is 3. The van der Waals surface area contributed by atoms with Gasteiger partial charge in [0.1, 0.15) is 6.61 Å². The highest BCUT2D eigenvalue weighted by molar-refractivity contribution is 5.79. The molecule has 2 bridgehead atoms. The Bertz CT molecular complexity index is 964. The van der Waals surface area contributed by atoms with Crippen LogP contribution in [0.25, 0.3) is 11.1 Å². The third kappa shape index (κ3) is 3.86. The van der Waals surface area contributed by atoms with E-state index in [9.17, 15) is 4.79 Å². The number of carbonyl (C=O) groups is 1. The van der Waals surface area contributed by atoms with Gasteiger partial charge in [-0.25, -0.2) is 4.79 Å². The fraction of sp³-hybridized carbons (Fsp3) is 0.464. The molecule has 2 aromatic carbocycles. The van der Waals surface area contributed by atoms with Gasteiger partial charge < -0.3 is 9.47 Å². The van der Waals surface area contributed by atoms with Crippen molar-refractivity contribution in [3.8, 4) is 11.1 Å². The summed E-state index contributed by atoms with van der Waals surface area (Å²) in [4.78, 5) is 15.2. The molecule has 0 aromatic heterocycles. The van der Waals surface area contributed by atoms with Crippen molar-refractivity contribution in [1.29, 1.82) is 0 Å². The average molecular weight is 432 g/mol. The predicted octanol–water partition coefficient (Wildman–Crippen LogP) is 6.16. The molecule has 0 saturated carbocycles. The van der Waals surface area contributed by atoms with E-state index in [4.69, 9.17) is 9.47 Å². The monoisotopic (exact) mass is 431 g/mol. The molecule has 2 atom stereocenters. The number of nitrogens with zero attached hydrogens (tertiary/aromatic N) is 1. The lowest BCUT2D eigenvalue weighted by molar-refractivity contribution is -0.0367. The molecule has 1 aliphatic carbocycles. The molecule has 4 heteroatoms. The van der Waals surface area contributed by atoms with Crippen molar-refractivity contribution in [2.45, 2.75) is 57.5 Å². The molecule has 168 valence electrons. The lowest BCUT2D eigenvalue weighted by Crippen LogP contribution is -2.56. The number of ether oxygens (including phenoxy) is 2. The Balaban J connectivity index is 1.30. The van der Waals surface area contributed by atoms with E-state index in [1.165, 1.54) is 40.7 Å². The van der Waals surface area contributed by atoms with Crippen molar-refractivity contribution in [3.05, 3.63) is 71.3 Å². The molecule has 5 rings (SSSR count). The first-order valence-corrected chi connectivity index (χ1v) is 12.1. The Hall–Kier alpha value is -2.59. The van der Waals surface area contributed by atoms with Crippen molar-refractivity contribution in [1.82, 2.24) is 4.90 Å². The van der Waals surface area contributed by atoms with Gasteiger partial charge in [-0.15, -0.1) is 0 Å². The first kappa shape index (κ1) is 21.3. The Morgan fingerprint density at radius 2 is 1.69 bits per heavy atom. The molecule has 0 spiro atoms. The summed E-state index contributed by atoms with van der Waals surface area (Å²) in [5.41, 5.74) is 6.48. The van der Waals surface area contributed by atoms with Gasteiger partial charge >= 0.3 is 6.09 Å². The van der Waals surface area contributed by atoms with E-state index in [0.717, 1.165) is 18.8 Å². The molecule has 1 amide bonds. The summed E-state index contributed by atoms with van der Waals surface area (Å²) in [5.74, 6) is 0.817. The first-order valence-electron chi connectivity index (χ1n) is 12.1. The van der Waals surface area contributed by atoms with Crippen molar-refractivity contribution in [2.75, 3.05) is 19.8 Å². The minimum Gasteiger partial charge on any atom is -0.448 e. The van der Waals surface area contributed by atoms with Gasteiger partial charge in [-0.05, 0) is 41.0 Å². The Labute approximate surface area is 191 Å². The molecule has 2 aliphatic heterocycles. The fourth-order valence-electron chi connectivity index (χ4n) is 5.74. The predicted molar refractivity (Wildman–Crippen MR) is 127 cm³/mol. The maximum Gasteiger partial charge on any atom is 0.410 e.